The van der Waals surface area contributed by atoms with Crippen molar-refractivity contribution in [2.24, 2.45) is 0 Å². The van der Waals surface area contributed by atoms with Crippen LogP contribution in [-0.2, 0) is 0 Å². The van der Waals surface area contributed by atoms with E-state index in [1.165, 1.54) is 24.3 Å². The molecule has 120 valence electrons. The molecular weight excluding hydrogens is 299 g/mol. The lowest BCUT2D eigenvalue weighted by Crippen LogP contribution is -2.31. The monoisotopic (exact) mass is 316 g/mol. The van der Waals surface area contributed by atoms with Gasteiger partial charge in [-0.2, -0.15) is 0 Å². The van der Waals surface area contributed by atoms with Crippen LogP contribution in [0.1, 0.15) is 18.5 Å². The van der Waals surface area contributed by atoms with Gasteiger partial charge in [0.05, 0.1) is 6.04 Å². The van der Waals surface area contributed by atoms with E-state index in [0.29, 0.717) is 30.4 Å². The van der Waals surface area contributed by atoms with Gasteiger partial charge in [-0.25, -0.2) is 9.18 Å². The fraction of sp³-hybridized carbons (Fsp3) is 0.235. The van der Waals surface area contributed by atoms with E-state index >= 15 is 0 Å². The molecule has 3 rings (SSSR count). The number of carbonyl (C=O) groups is 1. The normalized spacial score (nSPS) is 14.0. The lowest BCUT2D eigenvalue weighted by atomic mass is 10.1. The maximum Gasteiger partial charge on any atom is 0.319 e. The summed E-state index contributed by atoms with van der Waals surface area (Å²) in [5.74, 6) is 1.05. The second kappa shape index (κ2) is 6.56. The number of rotatable bonds is 3. The Morgan fingerprint density at radius 1 is 1.09 bits per heavy atom. The summed E-state index contributed by atoms with van der Waals surface area (Å²) in [4.78, 5) is 12.0. The van der Waals surface area contributed by atoms with Crippen molar-refractivity contribution in [3.8, 4) is 11.5 Å². The first-order valence-corrected chi connectivity index (χ1v) is 7.34. The molecule has 2 aromatic rings. The summed E-state index contributed by atoms with van der Waals surface area (Å²) in [5.41, 5.74) is 1.43. The molecule has 0 fully saturated rings. The van der Waals surface area contributed by atoms with Crippen LogP contribution >= 0.6 is 0 Å². The summed E-state index contributed by atoms with van der Waals surface area (Å²) in [6.07, 6.45) is 0. The zero-order valence-corrected chi connectivity index (χ0v) is 12.6. The third-order valence-electron chi connectivity index (χ3n) is 3.52. The fourth-order valence-corrected chi connectivity index (χ4v) is 2.31. The van der Waals surface area contributed by atoms with E-state index in [0.717, 1.165) is 5.56 Å². The predicted molar refractivity (Wildman–Crippen MR) is 84.4 cm³/mol. The molecule has 0 saturated carbocycles. The SMILES string of the molecule is C[C@@H](NC(=O)Nc1ccc(F)cc1)c1ccc2c(c1)OCCO2. The Morgan fingerprint density at radius 3 is 2.52 bits per heavy atom. The minimum absolute atomic E-state index is 0.216. The van der Waals surface area contributed by atoms with Gasteiger partial charge in [-0.3, -0.25) is 0 Å². The van der Waals surface area contributed by atoms with Crippen molar-refractivity contribution in [3.63, 3.8) is 0 Å². The number of anilines is 1. The quantitative estimate of drug-likeness (QED) is 0.911. The van der Waals surface area contributed by atoms with Crippen molar-refractivity contribution < 1.29 is 18.7 Å². The summed E-state index contributed by atoms with van der Waals surface area (Å²) < 4.78 is 23.9. The Kier molecular flexibility index (Phi) is 4.32. The van der Waals surface area contributed by atoms with Gasteiger partial charge in [-0.05, 0) is 48.9 Å². The highest BCUT2D eigenvalue weighted by Crippen LogP contribution is 2.32. The topological polar surface area (TPSA) is 59.6 Å². The van der Waals surface area contributed by atoms with Gasteiger partial charge in [0.15, 0.2) is 11.5 Å². The van der Waals surface area contributed by atoms with Crippen LogP contribution in [0.4, 0.5) is 14.9 Å². The maximum atomic E-state index is 12.8. The molecule has 0 bridgehead atoms. The minimum atomic E-state index is -0.362. The number of benzene rings is 2. The number of hydrogen-bond acceptors (Lipinski definition) is 3. The van der Waals surface area contributed by atoms with Crippen LogP contribution in [0.25, 0.3) is 0 Å². The van der Waals surface area contributed by atoms with Gasteiger partial charge in [0.2, 0.25) is 0 Å². The zero-order valence-electron chi connectivity index (χ0n) is 12.6. The molecular formula is C17H17FN2O3. The van der Waals surface area contributed by atoms with E-state index < -0.39 is 0 Å². The molecule has 0 unspecified atom stereocenters. The molecule has 2 amide bonds. The molecule has 1 aliphatic rings. The first kappa shape index (κ1) is 15.1. The van der Waals surface area contributed by atoms with Gasteiger partial charge >= 0.3 is 6.03 Å². The van der Waals surface area contributed by atoms with E-state index in [-0.39, 0.29) is 17.9 Å². The molecule has 1 heterocycles. The largest absolute Gasteiger partial charge is 0.486 e. The van der Waals surface area contributed by atoms with Gasteiger partial charge in [0.1, 0.15) is 19.0 Å². The Labute approximate surface area is 133 Å². The first-order chi connectivity index (χ1) is 11.1. The Morgan fingerprint density at radius 2 is 1.78 bits per heavy atom. The van der Waals surface area contributed by atoms with Crippen molar-refractivity contribution in [2.75, 3.05) is 18.5 Å². The average molecular weight is 316 g/mol. The lowest BCUT2D eigenvalue weighted by Gasteiger charge is -2.21. The number of halogens is 1. The van der Waals surface area contributed by atoms with Gasteiger partial charge in [0, 0.05) is 5.69 Å². The second-order valence-corrected chi connectivity index (χ2v) is 5.23. The third-order valence-corrected chi connectivity index (χ3v) is 3.52. The summed E-state index contributed by atoms with van der Waals surface area (Å²) in [5, 5.41) is 5.49. The van der Waals surface area contributed by atoms with Crippen LogP contribution in [0.15, 0.2) is 42.5 Å². The maximum absolute atomic E-state index is 12.8. The van der Waals surface area contributed by atoms with E-state index in [1.54, 1.807) is 0 Å². The summed E-state index contributed by atoms with van der Waals surface area (Å²) in [6, 6.07) is 10.6. The summed E-state index contributed by atoms with van der Waals surface area (Å²) in [6.45, 7) is 2.93. The molecule has 23 heavy (non-hydrogen) atoms. The molecule has 6 heteroatoms. The van der Waals surface area contributed by atoms with Crippen molar-refractivity contribution in [3.05, 3.63) is 53.8 Å². The van der Waals surface area contributed by atoms with Crippen LogP contribution in [0, 0.1) is 5.82 Å². The van der Waals surface area contributed by atoms with Gasteiger partial charge in [-0.1, -0.05) is 6.07 Å². The highest BCUT2D eigenvalue weighted by molar-refractivity contribution is 5.89. The number of urea groups is 1. The molecule has 2 aromatic carbocycles. The molecule has 0 radical (unpaired) electrons. The van der Waals surface area contributed by atoms with Gasteiger partial charge in [-0.15, -0.1) is 0 Å². The van der Waals surface area contributed by atoms with Crippen molar-refractivity contribution in [1.29, 1.82) is 0 Å². The lowest BCUT2D eigenvalue weighted by molar-refractivity contribution is 0.171. The molecule has 1 aliphatic heterocycles. The smallest absolute Gasteiger partial charge is 0.319 e. The van der Waals surface area contributed by atoms with E-state index in [2.05, 4.69) is 10.6 Å². The Hall–Kier alpha value is -2.76. The van der Waals surface area contributed by atoms with Crippen LogP contribution in [0.3, 0.4) is 0 Å². The minimum Gasteiger partial charge on any atom is -0.486 e. The first-order valence-electron chi connectivity index (χ1n) is 7.34. The molecule has 0 aliphatic carbocycles. The Balaban J connectivity index is 1.63. The van der Waals surface area contributed by atoms with Crippen molar-refractivity contribution in [2.45, 2.75) is 13.0 Å². The van der Waals surface area contributed by atoms with E-state index in [9.17, 15) is 9.18 Å². The summed E-state index contributed by atoms with van der Waals surface area (Å²) in [7, 11) is 0. The van der Waals surface area contributed by atoms with Crippen LogP contribution < -0.4 is 20.1 Å². The number of nitrogens with one attached hydrogen (secondary N) is 2. The molecule has 0 saturated heterocycles. The number of carbonyl (C=O) groups excluding carboxylic acids is 1. The molecule has 2 N–H and O–H groups in total. The van der Waals surface area contributed by atoms with Crippen LogP contribution in [0.2, 0.25) is 0 Å². The second-order valence-electron chi connectivity index (χ2n) is 5.23. The average Bonchev–Trinajstić information content (AvgIpc) is 2.56. The number of hydrogen-bond donors (Lipinski definition) is 2. The fourth-order valence-electron chi connectivity index (χ4n) is 2.31. The van der Waals surface area contributed by atoms with Crippen LogP contribution in [-0.4, -0.2) is 19.2 Å². The van der Waals surface area contributed by atoms with E-state index in [1.807, 2.05) is 25.1 Å². The predicted octanol–water partition coefficient (Wildman–Crippen LogP) is 3.48. The zero-order chi connectivity index (χ0) is 16.2. The van der Waals surface area contributed by atoms with Crippen molar-refractivity contribution in [1.82, 2.24) is 5.32 Å². The third kappa shape index (κ3) is 3.71. The van der Waals surface area contributed by atoms with Gasteiger partial charge in [0.25, 0.3) is 0 Å². The highest BCUT2D eigenvalue weighted by atomic mass is 19.1. The number of ether oxygens (including phenoxy) is 2. The molecule has 5 nitrogen and oxygen atoms in total. The summed E-state index contributed by atoms with van der Waals surface area (Å²) >= 11 is 0. The molecule has 0 spiro atoms. The highest BCUT2D eigenvalue weighted by Gasteiger charge is 2.15. The van der Waals surface area contributed by atoms with Crippen molar-refractivity contribution >= 4 is 11.7 Å². The number of fused-ring (bicyclic) bond motifs is 1. The number of amides is 2. The standard InChI is InChI=1S/C17H17FN2O3/c1-11(12-2-7-15-16(10-12)23-9-8-22-15)19-17(21)20-14-5-3-13(18)4-6-14/h2-7,10-11H,8-9H2,1H3,(H2,19,20,21)/t11-/m1/s1. The van der Waals surface area contributed by atoms with Gasteiger partial charge < -0.3 is 20.1 Å². The molecule has 1 atom stereocenters. The molecule has 0 aromatic heterocycles. The van der Waals surface area contributed by atoms with E-state index in [4.69, 9.17) is 9.47 Å². The van der Waals surface area contributed by atoms with Crippen LogP contribution in [0.5, 0.6) is 11.5 Å². The Bertz CT molecular complexity index is 703.